The van der Waals surface area contributed by atoms with Crippen molar-refractivity contribution in [2.24, 2.45) is 0 Å². The highest BCUT2D eigenvalue weighted by Crippen LogP contribution is 2.35. The zero-order chi connectivity index (χ0) is 16.8. The number of aliphatic hydroxyl groups is 3. The van der Waals surface area contributed by atoms with Gasteiger partial charge >= 0.3 is 0 Å². The molecule has 0 spiro atoms. The summed E-state index contributed by atoms with van der Waals surface area (Å²) in [6, 6.07) is 5.83. The van der Waals surface area contributed by atoms with Crippen molar-refractivity contribution in [3.05, 3.63) is 35.6 Å². The fourth-order valence-electron chi connectivity index (χ4n) is 3.06. The van der Waals surface area contributed by atoms with Crippen LogP contribution in [-0.4, -0.2) is 54.8 Å². The van der Waals surface area contributed by atoms with E-state index in [0.717, 1.165) is 16.0 Å². The van der Waals surface area contributed by atoms with E-state index in [0.29, 0.717) is 11.5 Å². The molecule has 0 aromatic carbocycles. The van der Waals surface area contributed by atoms with E-state index in [4.69, 9.17) is 4.74 Å². The van der Waals surface area contributed by atoms with Crippen molar-refractivity contribution in [1.29, 1.82) is 0 Å². The number of rotatable bonds is 3. The molecule has 0 aliphatic carbocycles. The molecular weight excluding hydrogens is 330 g/mol. The average Bonchev–Trinajstić information content (AvgIpc) is 3.28. The lowest BCUT2D eigenvalue weighted by Crippen LogP contribution is -2.33. The maximum atomic E-state index is 10.3. The van der Waals surface area contributed by atoms with Crippen molar-refractivity contribution >= 4 is 22.4 Å². The van der Waals surface area contributed by atoms with Crippen molar-refractivity contribution < 1.29 is 20.1 Å². The average molecular weight is 347 g/mol. The molecule has 1 fully saturated rings. The Kier molecular flexibility index (Phi) is 3.86. The monoisotopic (exact) mass is 347 g/mol. The summed E-state index contributed by atoms with van der Waals surface area (Å²) in [6.45, 7) is 1.45. The SMILES string of the molecule is Cc1nc(-c2cccs2)c2ccn([C@@H]3O[C@H](CO)C(O)C3O)c2n1. The van der Waals surface area contributed by atoms with Gasteiger partial charge < -0.3 is 24.6 Å². The molecule has 4 rings (SSSR count). The molecule has 1 saturated heterocycles. The molecule has 0 amide bonds. The Labute approximate surface area is 141 Å². The summed E-state index contributed by atoms with van der Waals surface area (Å²) in [5.41, 5.74) is 1.46. The van der Waals surface area contributed by atoms with Crippen LogP contribution < -0.4 is 0 Å². The lowest BCUT2D eigenvalue weighted by Gasteiger charge is -2.17. The molecule has 8 heteroatoms. The van der Waals surface area contributed by atoms with Gasteiger partial charge in [0.15, 0.2) is 6.23 Å². The van der Waals surface area contributed by atoms with Gasteiger partial charge in [0.1, 0.15) is 29.8 Å². The first-order chi connectivity index (χ1) is 11.6. The molecule has 4 atom stereocenters. The Hall–Kier alpha value is -1.84. The maximum absolute atomic E-state index is 10.3. The van der Waals surface area contributed by atoms with E-state index in [2.05, 4.69) is 9.97 Å². The standard InChI is InChI=1S/C16H17N3O4S/c1-8-17-12(11-3-2-6-24-11)9-4-5-19(15(9)18-8)16-14(22)13(21)10(7-20)23-16/h2-6,10,13-14,16,20-22H,7H2,1H3/t10-,13?,14?,16-/m1/s1. The van der Waals surface area contributed by atoms with Gasteiger partial charge in [-0.1, -0.05) is 6.07 Å². The molecule has 2 unspecified atom stereocenters. The number of ether oxygens (including phenoxy) is 1. The van der Waals surface area contributed by atoms with Gasteiger partial charge in [-0.15, -0.1) is 11.3 Å². The Morgan fingerprint density at radius 2 is 2.08 bits per heavy atom. The second-order valence-electron chi connectivity index (χ2n) is 5.79. The Morgan fingerprint density at radius 1 is 1.25 bits per heavy atom. The first-order valence-corrected chi connectivity index (χ1v) is 8.49. The van der Waals surface area contributed by atoms with Gasteiger partial charge in [0, 0.05) is 11.6 Å². The van der Waals surface area contributed by atoms with Gasteiger partial charge in [-0.25, -0.2) is 9.97 Å². The van der Waals surface area contributed by atoms with Crippen LogP contribution in [0.2, 0.25) is 0 Å². The fraction of sp³-hybridized carbons (Fsp3) is 0.375. The van der Waals surface area contributed by atoms with Gasteiger partial charge in [0.25, 0.3) is 0 Å². The Bertz CT molecular complexity index is 864. The predicted octanol–water partition coefficient (Wildman–Crippen LogP) is 1.08. The van der Waals surface area contributed by atoms with Gasteiger partial charge in [0.05, 0.1) is 17.2 Å². The fourth-order valence-corrected chi connectivity index (χ4v) is 3.79. The summed E-state index contributed by atoms with van der Waals surface area (Å²) in [6.07, 6.45) is -2.14. The lowest BCUT2D eigenvalue weighted by atomic mass is 10.1. The minimum Gasteiger partial charge on any atom is -0.394 e. The third-order valence-electron chi connectivity index (χ3n) is 4.23. The summed E-state index contributed by atoms with van der Waals surface area (Å²) < 4.78 is 7.30. The van der Waals surface area contributed by atoms with E-state index in [1.807, 2.05) is 30.5 Å². The topological polar surface area (TPSA) is 101 Å². The van der Waals surface area contributed by atoms with Crippen molar-refractivity contribution in [1.82, 2.24) is 14.5 Å². The number of nitrogens with zero attached hydrogens (tertiary/aromatic N) is 3. The molecule has 7 nitrogen and oxygen atoms in total. The number of thiophene rings is 1. The molecule has 0 radical (unpaired) electrons. The normalized spacial score (nSPS) is 27.2. The number of hydrogen-bond acceptors (Lipinski definition) is 7. The number of hydrogen-bond donors (Lipinski definition) is 3. The van der Waals surface area contributed by atoms with Gasteiger partial charge in [0.2, 0.25) is 0 Å². The third-order valence-corrected chi connectivity index (χ3v) is 5.11. The van der Waals surface area contributed by atoms with Crippen molar-refractivity contribution in [2.75, 3.05) is 6.61 Å². The van der Waals surface area contributed by atoms with Gasteiger partial charge in [-0.05, 0) is 24.4 Å². The van der Waals surface area contributed by atoms with Crippen LogP contribution in [0.5, 0.6) is 0 Å². The smallest absolute Gasteiger partial charge is 0.164 e. The molecule has 126 valence electrons. The van der Waals surface area contributed by atoms with Crippen LogP contribution in [0.25, 0.3) is 21.6 Å². The van der Waals surface area contributed by atoms with Crippen LogP contribution in [0.15, 0.2) is 29.8 Å². The van der Waals surface area contributed by atoms with Crippen LogP contribution in [0.4, 0.5) is 0 Å². The first kappa shape index (κ1) is 15.7. The van der Waals surface area contributed by atoms with Crippen LogP contribution >= 0.6 is 11.3 Å². The second kappa shape index (κ2) is 5.91. The van der Waals surface area contributed by atoms with Gasteiger partial charge in [-0.3, -0.25) is 0 Å². The van der Waals surface area contributed by atoms with Crippen LogP contribution in [-0.2, 0) is 4.74 Å². The molecule has 3 aromatic heterocycles. The minimum absolute atomic E-state index is 0.359. The zero-order valence-corrected chi connectivity index (χ0v) is 13.7. The van der Waals surface area contributed by atoms with E-state index in [-0.39, 0.29) is 6.61 Å². The predicted molar refractivity (Wildman–Crippen MR) is 88.6 cm³/mol. The lowest BCUT2D eigenvalue weighted by molar-refractivity contribution is -0.0508. The summed E-state index contributed by atoms with van der Waals surface area (Å²) in [7, 11) is 0. The quantitative estimate of drug-likeness (QED) is 0.655. The van der Waals surface area contributed by atoms with Crippen LogP contribution in [0.3, 0.4) is 0 Å². The number of fused-ring (bicyclic) bond motifs is 1. The highest BCUT2D eigenvalue weighted by atomic mass is 32.1. The molecule has 0 saturated carbocycles. The highest BCUT2D eigenvalue weighted by molar-refractivity contribution is 7.13. The second-order valence-corrected chi connectivity index (χ2v) is 6.73. The number of aliphatic hydroxyl groups excluding tert-OH is 3. The molecular formula is C16H17N3O4S. The maximum Gasteiger partial charge on any atom is 0.164 e. The van der Waals surface area contributed by atoms with E-state index >= 15 is 0 Å². The van der Waals surface area contributed by atoms with E-state index in [1.165, 1.54) is 0 Å². The minimum atomic E-state index is -1.14. The summed E-state index contributed by atoms with van der Waals surface area (Å²) in [4.78, 5) is 10.1. The van der Waals surface area contributed by atoms with E-state index < -0.39 is 24.5 Å². The van der Waals surface area contributed by atoms with E-state index in [9.17, 15) is 15.3 Å². The third kappa shape index (κ3) is 2.35. The zero-order valence-electron chi connectivity index (χ0n) is 12.9. The van der Waals surface area contributed by atoms with Crippen LogP contribution in [0.1, 0.15) is 12.1 Å². The van der Waals surface area contributed by atoms with Crippen molar-refractivity contribution in [3.63, 3.8) is 0 Å². The summed E-state index contributed by atoms with van der Waals surface area (Å²) in [5, 5.41) is 32.3. The molecule has 24 heavy (non-hydrogen) atoms. The Balaban J connectivity index is 1.84. The first-order valence-electron chi connectivity index (χ1n) is 7.61. The van der Waals surface area contributed by atoms with Crippen molar-refractivity contribution in [2.45, 2.75) is 31.5 Å². The molecule has 0 bridgehead atoms. The highest BCUT2D eigenvalue weighted by Gasteiger charge is 2.43. The molecule has 1 aliphatic heterocycles. The van der Waals surface area contributed by atoms with Gasteiger partial charge in [-0.2, -0.15) is 0 Å². The van der Waals surface area contributed by atoms with E-state index in [1.54, 1.807) is 22.1 Å². The molecule has 3 N–H and O–H groups in total. The molecule has 4 heterocycles. The molecule has 3 aromatic rings. The summed E-state index contributed by atoms with van der Waals surface area (Å²) >= 11 is 1.59. The largest absolute Gasteiger partial charge is 0.394 e. The van der Waals surface area contributed by atoms with Crippen LogP contribution in [0, 0.1) is 6.92 Å². The molecule has 1 aliphatic rings. The number of aryl methyl sites for hydroxylation is 1. The Morgan fingerprint density at radius 3 is 2.75 bits per heavy atom. The number of aromatic nitrogens is 3. The summed E-state index contributed by atoms with van der Waals surface area (Å²) in [5.74, 6) is 0.609. The van der Waals surface area contributed by atoms with Crippen molar-refractivity contribution in [3.8, 4) is 10.6 Å².